The predicted octanol–water partition coefficient (Wildman–Crippen LogP) is 3.31. The first kappa shape index (κ1) is 15.0. The minimum atomic E-state index is 0.143. The van der Waals surface area contributed by atoms with Crippen LogP contribution in [-0.4, -0.2) is 23.0 Å². The van der Waals surface area contributed by atoms with Gasteiger partial charge >= 0.3 is 0 Å². The van der Waals surface area contributed by atoms with Crippen molar-refractivity contribution in [3.63, 3.8) is 0 Å². The van der Waals surface area contributed by atoms with Crippen LogP contribution >= 0.6 is 23.1 Å². The third-order valence-corrected chi connectivity index (χ3v) is 4.62. The summed E-state index contributed by atoms with van der Waals surface area (Å²) in [5.74, 6) is 1.67. The fourth-order valence-corrected chi connectivity index (χ4v) is 3.41. The van der Waals surface area contributed by atoms with Crippen LogP contribution in [-0.2, 0) is 11.8 Å². The maximum atomic E-state index is 6.21. The Morgan fingerprint density at radius 2 is 2.12 bits per heavy atom. The van der Waals surface area contributed by atoms with Crippen molar-refractivity contribution in [3.8, 4) is 0 Å². The molecule has 1 rings (SSSR count). The van der Waals surface area contributed by atoms with E-state index in [9.17, 15) is 0 Å². The van der Waals surface area contributed by atoms with Crippen LogP contribution in [0.25, 0.3) is 0 Å². The Kier molecular flexibility index (Phi) is 5.48. The second-order valence-corrected chi connectivity index (χ2v) is 7.53. The van der Waals surface area contributed by atoms with Gasteiger partial charge in [0.1, 0.15) is 0 Å². The van der Waals surface area contributed by atoms with E-state index in [0.29, 0.717) is 5.92 Å². The summed E-state index contributed by atoms with van der Waals surface area (Å²) in [6.45, 7) is 8.81. The lowest BCUT2D eigenvalue weighted by molar-refractivity contribution is 0.494. The van der Waals surface area contributed by atoms with Crippen LogP contribution < -0.4 is 5.73 Å². The van der Waals surface area contributed by atoms with Gasteiger partial charge in [-0.05, 0) is 17.9 Å². The number of nitrogens with two attached hydrogens (primary N) is 1. The summed E-state index contributed by atoms with van der Waals surface area (Å²) in [5, 5.41) is 3.34. The van der Waals surface area contributed by atoms with Crippen molar-refractivity contribution in [1.82, 2.24) is 4.98 Å². The fourth-order valence-electron chi connectivity index (χ4n) is 1.54. The minimum absolute atomic E-state index is 0.143. The second-order valence-electron chi connectivity index (χ2n) is 5.68. The van der Waals surface area contributed by atoms with Crippen LogP contribution in [0.5, 0.6) is 0 Å². The molecule has 98 valence electrons. The summed E-state index contributed by atoms with van der Waals surface area (Å²) >= 11 is 3.60. The van der Waals surface area contributed by atoms with Gasteiger partial charge in [0.05, 0.1) is 10.7 Å². The maximum absolute atomic E-state index is 6.21. The van der Waals surface area contributed by atoms with Crippen molar-refractivity contribution >= 4 is 23.1 Å². The Morgan fingerprint density at radius 1 is 1.47 bits per heavy atom. The van der Waals surface area contributed by atoms with Crippen LogP contribution in [0.1, 0.15) is 38.4 Å². The van der Waals surface area contributed by atoms with Crippen LogP contribution in [0.3, 0.4) is 0 Å². The third-order valence-electron chi connectivity index (χ3n) is 2.89. The molecule has 1 heterocycles. The number of hydrogen-bond donors (Lipinski definition) is 1. The van der Waals surface area contributed by atoms with E-state index in [4.69, 9.17) is 10.7 Å². The molecule has 1 aromatic heterocycles. The zero-order valence-corrected chi connectivity index (χ0v) is 13.1. The van der Waals surface area contributed by atoms with E-state index < -0.39 is 0 Å². The number of thioether (sulfide) groups is 1. The summed E-state index contributed by atoms with van der Waals surface area (Å²) in [6.07, 6.45) is 3.03. The van der Waals surface area contributed by atoms with Gasteiger partial charge in [-0.1, -0.05) is 27.7 Å². The molecule has 0 spiro atoms. The molecule has 0 aliphatic carbocycles. The summed E-state index contributed by atoms with van der Waals surface area (Å²) < 4.78 is 0. The highest BCUT2D eigenvalue weighted by Crippen LogP contribution is 2.25. The third kappa shape index (κ3) is 4.60. The first-order valence-corrected chi connectivity index (χ1v) is 8.31. The highest BCUT2D eigenvalue weighted by atomic mass is 32.2. The van der Waals surface area contributed by atoms with E-state index in [1.165, 1.54) is 10.7 Å². The quantitative estimate of drug-likeness (QED) is 0.894. The van der Waals surface area contributed by atoms with E-state index in [1.54, 1.807) is 11.3 Å². The van der Waals surface area contributed by atoms with E-state index in [0.717, 1.165) is 12.2 Å². The maximum Gasteiger partial charge on any atom is 0.0944 e. The second kappa shape index (κ2) is 6.21. The Labute approximate surface area is 113 Å². The molecule has 2 atom stereocenters. The molecule has 0 saturated carbocycles. The predicted molar refractivity (Wildman–Crippen MR) is 80.0 cm³/mol. The standard InChI is InChI=1S/C13H24N2S2/c1-9(7-16-5)10(14)6-12-15-11(8-17-12)13(2,3)4/h8-10H,6-7,14H2,1-5H3. The largest absolute Gasteiger partial charge is 0.327 e. The molecule has 2 nitrogen and oxygen atoms in total. The van der Waals surface area contributed by atoms with Gasteiger partial charge in [0.2, 0.25) is 0 Å². The lowest BCUT2D eigenvalue weighted by Crippen LogP contribution is -2.32. The van der Waals surface area contributed by atoms with Gasteiger partial charge in [0.15, 0.2) is 0 Å². The number of thiazole rings is 1. The highest BCUT2D eigenvalue weighted by molar-refractivity contribution is 7.98. The molecule has 0 fully saturated rings. The minimum Gasteiger partial charge on any atom is -0.327 e. The van der Waals surface area contributed by atoms with Crippen molar-refractivity contribution in [2.45, 2.75) is 45.6 Å². The average Bonchev–Trinajstić information content (AvgIpc) is 2.66. The van der Waals surface area contributed by atoms with Crippen molar-refractivity contribution < 1.29 is 0 Å². The number of nitrogens with zero attached hydrogens (tertiary/aromatic N) is 1. The molecule has 0 radical (unpaired) electrons. The molecule has 17 heavy (non-hydrogen) atoms. The van der Waals surface area contributed by atoms with Crippen LogP contribution in [0.4, 0.5) is 0 Å². The summed E-state index contributed by atoms with van der Waals surface area (Å²) in [6, 6.07) is 0.224. The molecule has 2 N–H and O–H groups in total. The summed E-state index contributed by atoms with van der Waals surface area (Å²) in [4.78, 5) is 4.70. The molecule has 0 amide bonds. The van der Waals surface area contributed by atoms with Crippen molar-refractivity contribution in [2.75, 3.05) is 12.0 Å². The van der Waals surface area contributed by atoms with Gasteiger partial charge in [-0.15, -0.1) is 11.3 Å². The topological polar surface area (TPSA) is 38.9 Å². The van der Waals surface area contributed by atoms with Gasteiger partial charge in [-0.3, -0.25) is 0 Å². The Hall–Kier alpha value is -0.0600. The van der Waals surface area contributed by atoms with Gasteiger partial charge in [0.25, 0.3) is 0 Å². The molecule has 0 bridgehead atoms. The fraction of sp³-hybridized carbons (Fsp3) is 0.769. The zero-order valence-electron chi connectivity index (χ0n) is 11.5. The Balaban J connectivity index is 2.60. The van der Waals surface area contributed by atoms with E-state index >= 15 is 0 Å². The van der Waals surface area contributed by atoms with Gasteiger partial charge in [0, 0.05) is 23.3 Å². The zero-order chi connectivity index (χ0) is 13.1. The lowest BCUT2D eigenvalue weighted by atomic mass is 9.93. The Bertz CT molecular complexity index is 341. The van der Waals surface area contributed by atoms with Crippen LogP contribution in [0, 0.1) is 5.92 Å². The molecular formula is C13H24N2S2. The highest BCUT2D eigenvalue weighted by Gasteiger charge is 2.19. The summed E-state index contributed by atoms with van der Waals surface area (Å²) in [5.41, 5.74) is 7.53. The van der Waals surface area contributed by atoms with Gasteiger partial charge in [-0.2, -0.15) is 11.8 Å². The smallest absolute Gasteiger partial charge is 0.0944 e. The molecule has 0 aliphatic heterocycles. The normalized spacial score (nSPS) is 15.9. The van der Waals surface area contributed by atoms with Gasteiger partial charge < -0.3 is 5.73 Å². The molecule has 2 unspecified atom stereocenters. The number of aromatic nitrogens is 1. The molecule has 0 aromatic carbocycles. The molecule has 0 saturated heterocycles. The number of hydrogen-bond acceptors (Lipinski definition) is 4. The summed E-state index contributed by atoms with van der Waals surface area (Å²) in [7, 11) is 0. The molecule has 0 aliphatic rings. The lowest BCUT2D eigenvalue weighted by Gasteiger charge is -2.18. The van der Waals surface area contributed by atoms with Crippen LogP contribution in [0.2, 0.25) is 0 Å². The molecular weight excluding hydrogens is 248 g/mol. The first-order valence-electron chi connectivity index (χ1n) is 6.04. The van der Waals surface area contributed by atoms with Crippen molar-refractivity contribution in [2.24, 2.45) is 11.7 Å². The van der Waals surface area contributed by atoms with Crippen molar-refractivity contribution in [1.29, 1.82) is 0 Å². The molecule has 1 aromatic rings. The van der Waals surface area contributed by atoms with E-state index in [2.05, 4.69) is 39.3 Å². The van der Waals surface area contributed by atoms with E-state index in [1.807, 2.05) is 11.8 Å². The average molecular weight is 272 g/mol. The van der Waals surface area contributed by atoms with Crippen molar-refractivity contribution in [3.05, 3.63) is 16.1 Å². The first-order chi connectivity index (χ1) is 7.84. The molecule has 4 heteroatoms. The van der Waals surface area contributed by atoms with Gasteiger partial charge in [-0.25, -0.2) is 4.98 Å². The number of rotatable bonds is 5. The van der Waals surface area contributed by atoms with E-state index in [-0.39, 0.29) is 11.5 Å². The Morgan fingerprint density at radius 3 is 2.59 bits per heavy atom. The monoisotopic (exact) mass is 272 g/mol. The SMILES string of the molecule is CSCC(C)C(N)Cc1nc(C(C)(C)C)cs1. The van der Waals surface area contributed by atoms with Crippen LogP contribution in [0.15, 0.2) is 5.38 Å².